The molecule has 5 aromatic rings. The lowest BCUT2D eigenvalue weighted by Crippen LogP contribution is -2.14. The number of nitrogens with zero attached hydrogens (tertiary/aromatic N) is 3. The van der Waals surface area contributed by atoms with Crippen molar-refractivity contribution in [3.8, 4) is 16.9 Å². The van der Waals surface area contributed by atoms with Gasteiger partial charge in [-0.3, -0.25) is 4.79 Å². The van der Waals surface area contributed by atoms with Gasteiger partial charge in [-0.25, -0.2) is 18.4 Å². The second kappa shape index (κ2) is 9.34. The molecule has 0 spiro atoms. The number of hydrogen-bond donors (Lipinski definition) is 1. The molecule has 3 aromatic carbocycles. The first-order valence-corrected chi connectivity index (χ1v) is 11.6. The fourth-order valence-corrected chi connectivity index (χ4v) is 4.21. The average Bonchev–Trinajstić information content (AvgIpc) is 3.26. The summed E-state index contributed by atoms with van der Waals surface area (Å²) in [7, 11) is 0. The van der Waals surface area contributed by atoms with E-state index in [-0.39, 0.29) is 5.69 Å². The summed E-state index contributed by atoms with van der Waals surface area (Å²) < 4.78 is 29.7. The summed E-state index contributed by atoms with van der Waals surface area (Å²) in [5.41, 5.74) is 5.02. The van der Waals surface area contributed by atoms with Gasteiger partial charge in [0, 0.05) is 17.0 Å². The average molecular weight is 483 g/mol. The third kappa shape index (κ3) is 4.35. The van der Waals surface area contributed by atoms with Crippen molar-refractivity contribution in [2.24, 2.45) is 0 Å². The predicted octanol–water partition coefficient (Wildman–Crippen LogP) is 7.05. The third-order valence-electron chi connectivity index (χ3n) is 6.23. The molecule has 2 aromatic heterocycles. The highest BCUT2D eigenvalue weighted by Crippen LogP contribution is 2.29. The van der Waals surface area contributed by atoms with Crippen LogP contribution >= 0.6 is 0 Å². The SMILES string of the molecule is Cc1c(-c2cc(C(=O)Nc3cc(F)ccc3F)c3ccccc3n2)cnn1-c1ccc(C(C)C)cc1. The van der Waals surface area contributed by atoms with E-state index >= 15 is 0 Å². The summed E-state index contributed by atoms with van der Waals surface area (Å²) in [6.45, 7) is 6.24. The first kappa shape index (κ1) is 23.4. The fourth-order valence-electron chi connectivity index (χ4n) is 4.21. The minimum atomic E-state index is -0.719. The van der Waals surface area contributed by atoms with E-state index in [0.717, 1.165) is 35.1 Å². The number of aromatic nitrogens is 3. The van der Waals surface area contributed by atoms with Crippen molar-refractivity contribution in [2.75, 3.05) is 5.32 Å². The molecule has 0 radical (unpaired) electrons. The van der Waals surface area contributed by atoms with E-state index in [4.69, 9.17) is 4.98 Å². The molecule has 36 heavy (non-hydrogen) atoms. The van der Waals surface area contributed by atoms with Crippen LogP contribution in [0.15, 0.2) is 79.0 Å². The molecule has 0 saturated carbocycles. The van der Waals surface area contributed by atoms with E-state index in [1.165, 1.54) is 5.56 Å². The van der Waals surface area contributed by atoms with E-state index in [2.05, 4.69) is 36.4 Å². The number of benzene rings is 3. The summed E-state index contributed by atoms with van der Waals surface area (Å²) in [4.78, 5) is 18.0. The molecule has 5 nitrogen and oxygen atoms in total. The lowest BCUT2D eigenvalue weighted by atomic mass is 10.0. The van der Waals surface area contributed by atoms with Crippen LogP contribution in [0, 0.1) is 18.6 Å². The number of anilines is 1. The van der Waals surface area contributed by atoms with Gasteiger partial charge in [0.2, 0.25) is 0 Å². The lowest BCUT2D eigenvalue weighted by Gasteiger charge is -2.12. The van der Waals surface area contributed by atoms with Crippen molar-refractivity contribution in [2.45, 2.75) is 26.7 Å². The Bertz CT molecular complexity index is 1590. The van der Waals surface area contributed by atoms with Crippen LogP contribution < -0.4 is 5.32 Å². The minimum Gasteiger partial charge on any atom is -0.319 e. The molecule has 1 amide bonds. The van der Waals surface area contributed by atoms with Gasteiger partial charge in [0.15, 0.2) is 0 Å². The van der Waals surface area contributed by atoms with Crippen LogP contribution in [0.1, 0.15) is 41.4 Å². The first-order valence-electron chi connectivity index (χ1n) is 11.6. The van der Waals surface area contributed by atoms with Gasteiger partial charge in [0.25, 0.3) is 5.91 Å². The van der Waals surface area contributed by atoms with Gasteiger partial charge in [-0.15, -0.1) is 0 Å². The van der Waals surface area contributed by atoms with E-state index in [0.29, 0.717) is 28.1 Å². The zero-order chi connectivity index (χ0) is 25.4. The summed E-state index contributed by atoms with van der Waals surface area (Å²) in [6, 6.07) is 20.0. The monoisotopic (exact) mass is 482 g/mol. The maximum atomic E-state index is 14.2. The van der Waals surface area contributed by atoms with E-state index < -0.39 is 17.5 Å². The van der Waals surface area contributed by atoms with Crippen molar-refractivity contribution in [1.82, 2.24) is 14.8 Å². The third-order valence-corrected chi connectivity index (χ3v) is 6.23. The second-order valence-corrected chi connectivity index (χ2v) is 8.95. The zero-order valence-corrected chi connectivity index (χ0v) is 20.1. The van der Waals surface area contributed by atoms with E-state index in [9.17, 15) is 13.6 Å². The highest BCUT2D eigenvalue weighted by Gasteiger charge is 2.18. The molecule has 7 heteroatoms. The molecule has 0 saturated heterocycles. The number of nitrogens with one attached hydrogen (secondary N) is 1. The Morgan fingerprint density at radius 3 is 2.47 bits per heavy atom. The molecular formula is C29H24F2N4O. The molecule has 180 valence electrons. The first-order chi connectivity index (χ1) is 17.3. The summed E-state index contributed by atoms with van der Waals surface area (Å²) in [5, 5.41) is 7.66. The van der Waals surface area contributed by atoms with Crippen molar-refractivity contribution in [1.29, 1.82) is 0 Å². The van der Waals surface area contributed by atoms with Crippen LogP contribution in [-0.4, -0.2) is 20.7 Å². The zero-order valence-electron chi connectivity index (χ0n) is 20.1. The van der Waals surface area contributed by atoms with Gasteiger partial charge in [-0.1, -0.05) is 44.2 Å². The Morgan fingerprint density at radius 1 is 0.972 bits per heavy atom. The Kier molecular flexibility index (Phi) is 6.06. The van der Waals surface area contributed by atoms with Crippen molar-refractivity contribution < 1.29 is 13.6 Å². The largest absolute Gasteiger partial charge is 0.319 e. The summed E-state index contributed by atoms with van der Waals surface area (Å²) in [5.74, 6) is -1.49. The standard InChI is InChI=1S/C29H24F2N4O/c1-17(2)19-8-11-21(12-9-19)35-18(3)24(16-32-35)27-15-23(22-6-4-5-7-26(22)33-27)29(36)34-28-14-20(30)10-13-25(28)31/h4-17H,1-3H3,(H,34,36). The Balaban J connectivity index is 1.57. The fraction of sp³-hybridized carbons (Fsp3) is 0.138. The van der Waals surface area contributed by atoms with Crippen molar-refractivity contribution in [3.05, 3.63) is 107 Å². The lowest BCUT2D eigenvalue weighted by molar-refractivity contribution is 0.102. The van der Waals surface area contributed by atoms with Gasteiger partial charge in [-0.2, -0.15) is 5.10 Å². The van der Waals surface area contributed by atoms with Gasteiger partial charge in [-0.05, 0) is 54.8 Å². The maximum absolute atomic E-state index is 14.2. The number of halogens is 2. The number of para-hydroxylation sites is 1. The van der Waals surface area contributed by atoms with Gasteiger partial charge in [0.05, 0.1) is 40.0 Å². The Labute approximate surface area is 207 Å². The smallest absolute Gasteiger partial charge is 0.256 e. The molecule has 5 rings (SSSR count). The predicted molar refractivity (Wildman–Crippen MR) is 137 cm³/mol. The highest BCUT2D eigenvalue weighted by atomic mass is 19.1. The Hall–Kier alpha value is -4.39. The number of fused-ring (bicyclic) bond motifs is 1. The number of amides is 1. The van der Waals surface area contributed by atoms with Crippen LogP contribution in [0.4, 0.5) is 14.5 Å². The molecule has 0 unspecified atom stereocenters. The van der Waals surface area contributed by atoms with Crippen LogP contribution in [0.25, 0.3) is 27.8 Å². The molecule has 0 aliphatic heterocycles. The summed E-state index contributed by atoms with van der Waals surface area (Å²) in [6.07, 6.45) is 1.72. The van der Waals surface area contributed by atoms with Crippen molar-refractivity contribution >= 4 is 22.5 Å². The molecule has 2 heterocycles. The number of carbonyl (C=O) groups excluding carboxylic acids is 1. The highest BCUT2D eigenvalue weighted by molar-refractivity contribution is 6.13. The molecule has 0 bridgehead atoms. The van der Waals surface area contributed by atoms with Crippen LogP contribution in [0.5, 0.6) is 0 Å². The molecule has 1 N–H and O–H groups in total. The van der Waals surface area contributed by atoms with E-state index in [1.54, 1.807) is 24.4 Å². The molecule has 0 atom stereocenters. The minimum absolute atomic E-state index is 0.226. The molecule has 0 aliphatic carbocycles. The van der Waals surface area contributed by atoms with Crippen LogP contribution in [0.3, 0.4) is 0 Å². The van der Waals surface area contributed by atoms with Gasteiger partial charge < -0.3 is 5.32 Å². The second-order valence-electron chi connectivity index (χ2n) is 8.95. The molecular weight excluding hydrogens is 458 g/mol. The Morgan fingerprint density at radius 2 is 1.72 bits per heavy atom. The van der Waals surface area contributed by atoms with Crippen molar-refractivity contribution in [3.63, 3.8) is 0 Å². The van der Waals surface area contributed by atoms with Gasteiger partial charge in [0.1, 0.15) is 11.6 Å². The number of pyridine rings is 1. The molecule has 0 fully saturated rings. The number of carbonyl (C=O) groups is 1. The van der Waals surface area contributed by atoms with Crippen LogP contribution in [-0.2, 0) is 0 Å². The van der Waals surface area contributed by atoms with Crippen LogP contribution in [0.2, 0.25) is 0 Å². The van der Waals surface area contributed by atoms with Gasteiger partial charge >= 0.3 is 0 Å². The number of rotatable bonds is 5. The van der Waals surface area contributed by atoms with E-state index in [1.807, 2.05) is 35.9 Å². The molecule has 0 aliphatic rings. The number of hydrogen-bond acceptors (Lipinski definition) is 3. The summed E-state index contributed by atoms with van der Waals surface area (Å²) >= 11 is 0. The topological polar surface area (TPSA) is 59.8 Å². The maximum Gasteiger partial charge on any atom is 0.256 e. The quantitative estimate of drug-likeness (QED) is 0.292. The normalized spacial score (nSPS) is 11.3.